The van der Waals surface area contributed by atoms with E-state index in [4.69, 9.17) is 10.3 Å². The summed E-state index contributed by atoms with van der Waals surface area (Å²) in [7, 11) is -4.08. The maximum Gasteiger partial charge on any atom is 0.269 e. The highest BCUT2D eigenvalue weighted by molar-refractivity contribution is 7.86. The van der Waals surface area contributed by atoms with Gasteiger partial charge in [0.15, 0.2) is 0 Å². The van der Waals surface area contributed by atoms with Gasteiger partial charge in [-0.2, -0.15) is 8.42 Å². The van der Waals surface area contributed by atoms with Gasteiger partial charge < -0.3 is 16.4 Å². The van der Waals surface area contributed by atoms with Crippen molar-refractivity contribution in [2.45, 2.75) is 55.5 Å². The second-order valence-corrected chi connectivity index (χ2v) is 7.09. The van der Waals surface area contributed by atoms with E-state index in [1.54, 1.807) is 0 Å². The molecule has 1 amide bonds. The number of amides is 1. The Balaban J connectivity index is 1.87. The molecular weight excluding hydrogens is 270 g/mol. The van der Waals surface area contributed by atoms with Crippen molar-refractivity contribution < 1.29 is 17.8 Å². The van der Waals surface area contributed by atoms with Crippen molar-refractivity contribution >= 4 is 16.0 Å². The fraction of sp³-hybridized carbons (Fsp3) is 0.909. The van der Waals surface area contributed by atoms with E-state index in [0.717, 1.165) is 25.7 Å². The molecule has 0 aromatic carbocycles. The maximum atomic E-state index is 12.0. The highest BCUT2D eigenvalue weighted by Crippen LogP contribution is 2.18. The van der Waals surface area contributed by atoms with Gasteiger partial charge in [-0.1, -0.05) is 12.8 Å². The average molecular weight is 291 g/mol. The Bertz CT molecular complexity index is 439. The molecule has 0 radical (unpaired) electrons. The van der Waals surface area contributed by atoms with Crippen molar-refractivity contribution in [1.82, 2.24) is 10.6 Å². The summed E-state index contributed by atoms with van der Waals surface area (Å²) in [5, 5.41) is 4.81. The van der Waals surface area contributed by atoms with Gasteiger partial charge in [0, 0.05) is 18.6 Å². The normalized spacial score (nSPS) is 36.1. The standard InChI is InChI=1S/C11H21N3O4S/c12-8-3-1-2-4-9(8)14-11(15)10-5-7(6-13-10)19(16,17)18/h7-10,13H,1-6,12H2,(H,14,15)(H,16,17,18)/t7-,8-,9?,10+/m1/s1. The minimum absolute atomic E-state index is 0.0310. The van der Waals surface area contributed by atoms with E-state index in [-0.39, 0.29) is 31.0 Å². The molecule has 5 N–H and O–H groups in total. The van der Waals surface area contributed by atoms with E-state index >= 15 is 0 Å². The Morgan fingerprint density at radius 3 is 2.58 bits per heavy atom. The smallest absolute Gasteiger partial charge is 0.269 e. The van der Waals surface area contributed by atoms with Gasteiger partial charge in [-0.3, -0.25) is 9.35 Å². The molecule has 1 unspecified atom stereocenters. The number of nitrogens with two attached hydrogens (primary N) is 1. The van der Waals surface area contributed by atoms with Gasteiger partial charge in [0.05, 0.1) is 6.04 Å². The highest BCUT2D eigenvalue weighted by atomic mass is 32.2. The minimum atomic E-state index is -4.08. The maximum absolute atomic E-state index is 12.0. The quantitative estimate of drug-likeness (QED) is 0.494. The number of hydrogen-bond acceptors (Lipinski definition) is 5. The lowest BCUT2D eigenvalue weighted by molar-refractivity contribution is -0.123. The molecule has 7 nitrogen and oxygen atoms in total. The molecular formula is C11H21N3O4S. The van der Waals surface area contributed by atoms with Gasteiger partial charge in [-0.25, -0.2) is 0 Å². The van der Waals surface area contributed by atoms with Crippen LogP contribution in [0.4, 0.5) is 0 Å². The third-order valence-corrected chi connectivity index (χ3v) is 5.18. The third kappa shape index (κ3) is 3.65. The van der Waals surface area contributed by atoms with Gasteiger partial charge in [0.25, 0.3) is 10.1 Å². The fourth-order valence-corrected chi connectivity index (χ4v) is 3.49. The van der Waals surface area contributed by atoms with Crippen LogP contribution in [0.5, 0.6) is 0 Å². The molecule has 19 heavy (non-hydrogen) atoms. The fourth-order valence-electron chi connectivity index (χ4n) is 2.75. The van der Waals surface area contributed by atoms with E-state index in [2.05, 4.69) is 10.6 Å². The summed E-state index contributed by atoms with van der Waals surface area (Å²) in [4.78, 5) is 12.0. The zero-order chi connectivity index (χ0) is 14.0. The summed E-state index contributed by atoms with van der Waals surface area (Å²) in [6.07, 6.45) is 4.00. The summed E-state index contributed by atoms with van der Waals surface area (Å²) >= 11 is 0. The van der Waals surface area contributed by atoms with Crippen LogP contribution < -0.4 is 16.4 Å². The largest absolute Gasteiger partial charge is 0.350 e. The molecule has 0 aromatic heterocycles. The van der Waals surface area contributed by atoms with Crippen LogP contribution in [-0.2, 0) is 14.9 Å². The molecule has 0 bridgehead atoms. The third-order valence-electron chi connectivity index (χ3n) is 3.98. The van der Waals surface area contributed by atoms with Crippen molar-refractivity contribution in [3.63, 3.8) is 0 Å². The summed E-state index contributed by atoms with van der Waals surface area (Å²) in [6, 6.07) is -0.634. The van der Waals surface area contributed by atoms with E-state index in [1.165, 1.54) is 0 Å². The molecule has 0 aromatic rings. The van der Waals surface area contributed by atoms with Crippen LogP contribution >= 0.6 is 0 Å². The molecule has 0 spiro atoms. The number of nitrogens with one attached hydrogen (secondary N) is 2. The molecule has 1 aliphatic heterocycles. The van der Waals surface area contributed by atoms with Gasteiger partial charge in [-0.05, 0) is 19.3 Å². The molecule has 2 rings (SSSR count). The summed E-state index contributed by atoms with van der Waals surface area (Å²) in [5.74, 6) is -0.228. The van der Waals surface area contributed by atoms with Crippen LogP contribution in [0.3, 0.4) is 0 Å². The predicted molar refractivity (Wildman–Crippen MR) is 70.1 cm³/mol. The Morgan fingerprint density at radius 1 is 1.32 bits per heavy atom. The Labute approximate surface area is 113 Å². The van der Waals surface area contributed by atoms with Crippen molar-refractivity contribution in [3.05, 3.63) is 0 Å². The van der Waals surface area contributed by atoms with Crippen LogP contribution in [0.15, 0.2) is 0 Å². The predicted octanol–water partition coefficient (Wildman–Crippen LogP) is -1.01. The highest BCUT2D eigenvalue weighted by Gasteiger charge is 2.37. The second kappa shape index (κ2) is 5.74. The Kier molecular flexibility index (Phi) is 4.44. The molecule has 1 saturated carbocycles. The first kappa shape index (κ1) is 14.7. The summed E-state index contributed by atoms with van der Waals surface area (Å²) in [6.45, 7) is 0.105. The molecule has 1 saturated heterocycles. The second-order valence-electron chi connectivity index (χ2n) is 5.40. The van der Waals surface area contributed by atoms with E-state index in [9.17, 15) is 13.2 Å². The van der Waals surface area contributed by atoms with Gasteiger partial charge in [0.1, 0.15) is 5.25 Å². The summed E-state index contributed by atoms with van der Waals surface area (Å²) < 4.78 is 31.0. The number of hydrogen-bond donors (Lipinski definition) is 4. The summed E-state index contributed by atoms with van der Waals surface area (Å²) in [5.41, 5.74) is 5.95. The van der Waals surface area contributed by atoms with Crippen LogP contribution in [0.1, 0.15) is 32.1 Å². The zero-order valence-corrected chi connectivity index (χ0v) is 11.5. The Hall–Kier alpha value is -0.700. The van der Waals surface area contributed by atoms with Crippen molar-refractivity contribution in [3.8, 4) is 0 Å². The van der Waals surface area contributed by atoms with Gasteiger partial charge >= 0.3 is 0 Å². The molecule has 2 aliphatic rings. The number of rotatable bonds is 3. The SMILES string of the molecule is N[C@@H]1CCCCC1NC(=O)[C@@H]1C[C@@H](S(=O)(=O)O)CN1. The van der Waals surface area contributed by atoms with E-state index < -0.39 is 21.4 Å². The lowest BCUT2D eigenvalue weighted by atomic mass is 9.91. The lowest BCUT2D eigenvalue weighted by Crippen LogP contribution is -2.53. The number of carbonyl (C=O) groups excluding carboxylic acids is 1. The first-order valence-electron chi connectivity index (χ1n) is 6.63. The van der Waals surface area contributed by atoms with E-state index in [1.807, 2.05) is 0 Å². The van der Waals surface area contributed by atoms with Crippen LogP contribution in [0.2, 0.25) is 0 Å². The van der Waals surface area contributed by atoms with Gasteiger partial charge in [0.2, 0.25) is 5.91 Å². The topological polar surface area (TPSA) is 122 Å². The average Bonchev–Trinajstić information content (AvgIpc) is 2.81. The zero-order valence-electron chi connectivity index (χ0n) is 10.7. The van der Waals surface area contributed by atoms with Crippen LogP contribution in [0, 0.1) is 0 Å². The first-order chi connectivity index (χ1) is 8.88. The molecule has 110 valence electrons. The molecule has 1 aliphatic carbocycles. The van der Waals surface area contributed by atoms with Crippen molar-refractivity contribution in [2.24, 2.45) is 5.73 Å². The van der Waals surface area contributed by atoms with Crippen molar-refractivity contribution in [1.29, 1.82) is 0 Å². The minimum Gasteiger partial charge on any atom is -0.350 e. The van der Waals surface area contributed by atoms with Crippen LogP contribution in [-0.4, -0.2) is 48.8 Å². The Morgan fingerprint density at radius 2 is 2.00 bits per heavy atom. The lowest BCUT2D eigenvalue weighted by Gasteiger charge is -2.30. The van der Waals surface area contributed by atoms with E-state index in [0.29, 0.717) is 0 Å². The first-order valence-corrected chi connectivity index (χ1v) is 8.14. The monoisotopic (exact) mass is 291 g/mol. The van der Waals surface area contributed by atoms with Crippen LogP contribution in [0.25, 0.3) is 0 Å². The molecule has 8 heteroatoms. The van der Waals surface area contributed by atoms with Crippen molar-refractivity contribution in [2.75, 3.05) is 6.54 Å². The molecule has 2 fully saturated rings. The number of carbonyl (C=O) groups is 1. The molecule has 4 atom stereocenters. The van der Waals surface area contributed by atoms with Gasteiger partial charge in [-0.15, -0.1) is 0 Å². The molecule has 1 heterocycles.